The van der Waals surface area contributed by atoms with Crippen LogP contribution >= 0.6 is 0 Å². The van der Waals surface area contributed by atoms with Gasteiger partial charge < -0.3 is 10.1 Å². The predicted octanol–water partition coefficient (Wildman–Crippen LogP) is -0.624. The first kappa shape index (κ1) is 8.42. The fraction of sp³-hybridized carbons (Fsp3) is 0.143. The minimum atomic E-state index is -0.284. The largest absolute Gasteiger partial charge is 0.478 e. The summed E-state index contributed by atoms with van der Waals surface area (Å²) < 4.78 is 5.02. The van der Waals surface area contributed by atoms with Crippen LogP contribution in [0.15, 0.2) is 6.20 Å². The molecule has 7 heteroatoms. The molecule has 1 aromatic heterocycles. The van der Waals surface area contributed by atoms with Crippen LogP contribution in [0.4, 0.5) is 11.8 Å². The van der Waals surface area contributed by atoms with Crippen molar-refractivity contribution >= 4 is 24.1 Å². The van der Waals surface area contributed by atoms with Gasteiger partial charge in [-0.25, -0.2) is 4.98 Å². The molecule has 0 aromatic carbocycles. The normalized spacial score (nSPS) is 13.6. The molecule has 7 nitrogen and oxygen atoms in total. The van der Waals surface area contributed by atoms with E-state index in [4.69, 9.17) is 4.74 Å². The van der Waals surface area contributed by atoms with Crippen LogP contribution < -0.4 is 15.4 Å². The van der Waals surface area contributed by atoms with Crippen LogP contribution in [0, 0.1) is 0 Å². The zero-order valence-corrected chi connectivity index (χ0v) is 6.98. The van der Waals surface area contributed by atoms with Crippen molar-refractivity contribution in [2.24, 2.45) is 0 Å². The third kappa shape index (κ3) is 1.47. The van der Waals surface area contributed by atoms with Gasteiger partial charge in [-0.1, -0.05) is 0 Å². The second kappa shape index (κ2) is 3.29. The van der Waals surface area contributed by atoms with E-state index in [9.17, 15) is 9.59 Å². The molecule has 2 amide bonds. The van der Waals surface area contributed by atoms with E-state index < -0.39 is 0 Å². The number of rotatable bonds is 2. The Bertz CT molecular complexity index is 393. The molecule has 1 aliphatic rings. The molecule has 0 atom stereocenters. The van der Waals surface area contributed by atoms with Gasteiger partial charge in [0.05, 0.1) is 6.20 Å². The third-order valence-corrected chi connectivity index (χ3v) is 1.56. The fourth-order valence-electron chi connectivity index (χ4n) is 1.000. The molecule has 0 fully saturated rings. The number of carbonyl (C=O) groups is 2. The van der Waals surface area contributed by atoms with Gasteiger partial charge in [0, 0.05) is 0 Å². The van der Waals surface area contributed by atoms with Gasteiger partial charge in [-0.15, -0.1) is 0 Å². The number of ether oxygens (including phenoxy) is 1. The van der Waals surface area contributed by atoms with Crippen molar-refractivity contribution in [2.75, 3.05) is 17.2 Å². The highest BCUT2D eigenvalue weighted by Crippen LogP contribution is 2.24. The number of hydrogen-bond acceptors (Lipinski definition) is 5. The van der Waals surface area contributed by atoms with Crippen molar-refractivity contribution in [3.05, 3.63) is 6.20 Å². The van der Waals surface area contributed by atoms with E-state index in [1.165, 1.54) is 6.20 Å². The molecule has 14 heavy (non-hydrogen) atoms. The molecule has 0 saturated carbocycles. The summed E-state index contributed by atoms with van der Waals surface area (Å²) in [6.07, 6.45) is 1.83. The number of hydrogen-bond donors (Lipinski definition) is 2. The molecule has 0 unspecified atom stereocenters. The zero-order valence-electron chi connectivity index (χ0n) is 6.98. The first-order chi connectivity index (χ1) is 6.79. The number of aromatic nitrogens is 2. The minimum absolute atomic E-state index is 0.0448. The van der Waals surface area contributed by atoms with Gasteiger partial charge in [0.15, 0.2) is 18.2 Å². The van der Waals surface area contributed by atoms with Crippen molar-refractivity contribution in [3.63, 3.8) is 0 Å². The van der Waals surface area contributed by atoms with Crippen LogP contribution in [0.3, 0.4) is 0 Å². The maximum absolute atomic E-state index is 10.9. The molecule has 1 aliphatic heterocycles. The smallest absolute Gasteiger partial charge is 0.263 e. The molecule has 2 N–H and O–H groups in total. The van der Waals surface area contributed by atoms with Gasteiger partial charge in [0.25, 0.3) is 5.91 Å². The summed E-state index contributed by atoms with van der Waals surface area (Å²) in [6, 6.07) is 0. The maximum Gasteiger partial charge on any atom is 0.263 e. The van der Waals surface area contributed by atoms with Gasteiger partial charge in [0.1, 0.15) is 0 Å². The lowest BCUT2D eigenvalue weighted by atomic mass is 10.4. The number of amides is 2. The van der Waals surface area contributed by atoms with Crippen molar-refractivity contribution in [1.29, 1.82) is 0 Å². The zero-order chi connectivity index (χ0) is 9.97. The Kier molecular flexibility index (Phi) is 1.98. The molecule has 0 aliphatic carbocycles. The summed E-state index contributed by atoms with van der Waals surface area (Å²) in [6.45, 7) is -0.0448. The molecular formula is C7H6N4O3. The van der Waals surface area contributed by atoms with Crippen LogP contribution in [-0.4, -0.2) is 28.9 Å². The highest BCUT2D eigenvalue weighted by Gasteiger charge is 2.17. The Balaban J connectivity index is 2.32. The van der Waals surface area contributed by atoms with E-state index in [2.05, 4.69) is 20.6 Å². The Morgan fingerprint density at radius 1 is 1.64 bits per heavy atom. The molecule has 2 rings (SSSR count). The maximum atomic E-state index is 10.9. The molecule has 0 radical (unpaired) electrons. The summed E-state index contributed by atoms with van der Waals surface area (Å²) in [7, 11) is 0. The van der Waals surface area contributed by atoms with Crippen LogP contribution in [0.2, 0.25) is 0 Å². The highest BCUT2D eigenvalue weighted by atomic mass is 16.5. The minimum Gasteiger partial charge on any atom is -0.478 e. The standard InChI is InChI=1S/C7H6N4O3/c12-3-9-7-8-1-4-6(11-7)10-5(13)2-14-4/h1,3H,2H2,(H2,8,9,10,11,12,13). The molecule has 72 valence electrons. The molecule has 1 aromatic rings. The van der Waals surface area contributed by atoms with Gasteiger partial charge >= 0.3 is 0 Å². The second-order valence-electron chi connectivity index (χ2n) is 2.51. The lowest BCUT2D eigenvalue weighted by molar-refractivity contribution is -0.118. The molecular weight excluding hydrogens is 188 g/mol. The van der Waals surface area contributed by atoms with Crippen molar-refractivity contribution in [1.82, 2.24) is 9.97 Å². The quantitative estimate of drug-likeness (QED) is 0.612. The number of fused-ring (bicyclic) bond motifs is 1. The van der Waals surface area contributed by atoms with E-state index >= 15 is 0 Å². The van der Waals surface area contributed by atoms with Crippen LogP contribution in [-0.2, 0) is 9.59 Å². The monoisotopic (exact) mass is 194 g/mol. The first-order valence-electron chi connectivity index (χ1n) is 3.79. The summed E-state index contributed by atoms with van der Waals surface area (Å²) in [5, 5.41) is 4.75. The summed E-state index contributed by atoms with van der Waals surface area (Å²) in [4.78, 5) is 28.6. The van der Waals surface area contributed by atoms with Crippen LogP contribution in [0.1, 0.15) is 0 Å². The SMILES string of the molecule is O=CNc1ncc2c(n1)NC(=O)CO2. The van der Waals surface area contributed by atoms with E-state index in [1.54, 1.807) is 0 Å². The van der Waals surface area contributed by atoms with Gasteiger partial charge in [-0.05, 0) is 0 Å². The number of nitrogens with one attached hydrogen (secondary N) is 2. The number of anilines is 2. The summed E-state index contributed by atoms with van der Waals surface area (Å²) >= 11 is 0. The topological polar surface area (TPSA) is 93.2 Å². The van der Waals surface area contributed by atoms with Crippen molar-refractivity contribution < 1.29 is 14.3 Å². The fourth-order valence-corrected chi connectivity index (χ4v) is 1.000. The van der Waals surface area contributed by atoms with Crippen LogP contribution in [0.25, 0.3) is 0 Å². The highest BCUT2D eigenvalue weighted by molar-refractivity contribution is 5.94. The van der Waals surface area contributed by atoms with Gasteiger partial charge in [-0.3, -0.25) is 14.9 Å². The number of nitrogens with zero attached hydrogens (tertiary/aromatic N) is 2. The van der Waals surface area contributed by atoms with E-state index in [-0.39, 0.29) is 24.3 Å². The molecule has 0 bridgehead atoms. The van der Waals surface area contributed by atoms with Crippen molar-refractivity contribution in [3.8, 4) is 5.75 Å². The lowest BCUT2D eigenvalue weighted by Gasteiger charge is -2.16. The predicted molar refractivity (Wildman–Crippen MR) is 45.8 cm³/mol. The van der Waals surface area contributed by atoms with E-state index in [1.807, 2.05) is 0 Å². The Morgan fingerprint density at radius 3 is 3.29 bits per heavy atom. The second-order valence-corrected chi connectivity index (χ2v) is 2.51. The van der Waals surface area contributed by atoms with Crippen LogP contribution in [0.5, 0.6) is 5.75 Å². The van der Waals surface area contributed by atoms with Crippen molar-refractivity contribution in [2.45, 2.75) is 0 Å². The lowest BCUT2D eigenvalue weighted by Crippen LogP contribution is -2.26. The Hall–Kier alpha value is -2.18. The Labute approximate surface area is 78.5 Å². The summed E-state index contributed by atoms with van der Waals surface area (Å²) in [5.41, 5.74) is 0. The van der Waals surface area contributed by atoms with E-state index in [0.717, 1.165) is 0 Å². The summed E-state index contributed by atoms with van der Waals surface area (Å²) in [5.74, 6) is 0.486. The number of carbonyl (C=O) groups excluding carboxylic acids is 2. The third-order valence-electron chi connectivity index (χ3n) is 1.56. The molecule has 0 spiro atoms. The average Bonchev–Trinajstić information content (AvgIpc) is 2.17. The van der Waals surface area contributed by atoms with E-state index in [0.29, 0.717) is 12.2 Å². The average molecular weight is 194 g/mol. The molecule has 0 saturated heterocycles. The molecule has 2 heterocycles. The van der Waals surface area contributed by atoms with Gasteiger partial charge in [0.2, 0.25) is 12.4 Å². The van der Waals surface area contributed by atoms with Gasteiger partial charge in [-0.2, -0.15) is 4.98 Å². The first-order valence-corrected chi connectivity index (χ1v) is 3.79. The Morgan fingerprint density at radius 2 is 2.50 bits per heavy atom.